The van der Waals surface area contributed by atoms with Crippen LogP contribution in [0, 0.1) is 13.8 Å². The Bertz CT molecular complexity index is 747. The molecule has 0 radical (unpaired) electrons. The minimum absolute atomic E-state index is 0.0364. The lowest BCUT2D eigenvalue weighted by atomic mass is 10.2. The quantitative estimate of drug-likeness (QED) is 0.782. The largest absolute Gasteiger partial charge is 0.388 e. The van der Waals surface area contributed by atoms with Crippen LogP contribution in [0.2, 0.25) is 0 Å². The summed E-state index contributed by atoms with van der Waals surface area (Å²) < 4.78 is 31.8. The zero-order valence-corrected chi connectivity index (χ0v) is 13.1. The number of nitrogens with two attached hydrogens (primary N) is 1. The van der Waals surface area contributed by atoms with E-state index in [0.717, 1.165) is 0 Å². The van der Waals surface area contributed by atoms with Crippen LogP contribution in [0.15, 0.2) is 27.7 Å². The van der Waals surface area contributed by atoms with Crippen molar-refractivity contribution in [1.29, 1.82) is 0 Å². The Hall–Kier alpha value is -1.84. The van der Waals surface area contributed by atoms with Crippen molar-refractivity contribution in [3.8, 4) is 0 Å². The first-order chi connectivity index (χ1) is 9.81. The van der Waals surface area contributed by atoms with Crippen molar-refractivity contribution in [2.24, 2.45) is 5.73 Å². The van der Waals surface area contributed by atoms with Crippen LogP contribution >= 0.6 is 12.2 Å². The Morgan fingerprint density at radius 3 is 2.62 bits per heavy atom. The van der Waals surface area contributed by atoms with Crippen LogP contribution in [0.5, 0.6) is 0 Å². The lowest BCUT2D eigenvalue weighted by Gasteiger charge is -2.06. The molecule has 0 saturated carbocycles. The maximum atomic E-state index is 12.2. The molecule has 0 aliphatic heterocycles. The number of thiocarbonyl (C=S) groups is 1. The minimum Gasteiger partial charge on any atom is -0.388 e. The van der Waals surface area contributed by atoms with E-state index in [0.29, 0.717) is 22.7 Å². The third kappa shape index (κ3) is 3.43. The van der Waals surface area contributed by atoms with Crippen LogP contribution in [0.3, 0.4) is 0 Å². The Morgan fingerprint density at radius 1 is 1.43 bits per heavy atom. The second kappa shape index (κ2) is 5.88. The first-order valence-corrected chi connectivity index (χ1v) is 7.87. The van der Waals surface area contributed by atoms with Gasteiger partial charge in [0, 0.05) is 18.3 Å². The highest BCUT2D eigenvalue weighted by atomic mass is 32.2. The molecular formula is C12H14N4O3S2. The van der Waals surface area contributed by atoms with Crippen LogP contribution < -0.4 is 10.5 Å². The zero-order valence-electron chi connectivity index (χ0n) is 11.5. The van der Waals surface area contributed by atoms with E-state index in [9.17, 15) is 8.42 Å². The van der Waals surface area contributed by atoms with Crippen molar-refractivity contribution in [1.82, 2.24) is 14.9 Å². The SMILES string of the molecule is Cc1noc(C)c1CNS(=O)(=O)c1ccc(C(N)=S)nc1. The molecule has 0 amide bonds. The average molecular weight is 326 g/mol. The van der Waals surface area contributed by atoms with Crippen molar-refractivity contribution < 1.29 is 12.9 Å². The summed E-state index contributed by atoms with van der Waals surface area (Å²) in [6, 6.07) is 2.87. The van der Waals surface area contributed by atoms with Crippen LogP contribution in [-0.4, -0.2) is 23.5 Å². The number of nitrogens with one attached hydrogen (secondary N) is 1. The molecule has 0 atom stereocenters. The highest BCUT2D eigenvalue weighted by molar-refractivity contribution is 7.89. The smallest absolute Gasteiger partial charge is 0.242 e. The van der Waals surface area contributed by atoms with E-state index < -0.39 is 10.0 Å². The molecule has 0 aliphatic rings. The Labute approximate surface area is 127 Å². The molecule has 0 fully saturated rings. The fraction of sp³-hybridized carbons (Fsp3) is 0.250. The summed E-state index contributed by atoms with van der Waals surface area (Å²) in [4.78, 5) is 4.06. The summed E-state index contributed by atoms with van der Waals surface area (Å²) >= 11 is 4.77. The lowest BCUT2D eigenvalue weighted by Crippen LogP contribution is -2.24. The maximum Gasteiger partial charge on any atom is 0.242 e. The Kier molecular flexibility index (Phi) is 4.35. The molecule has 0 saturated heterocycles. The molecule has 9 heteroatoms. The van der Waals surface area contributed by atoms with E-state index in [1.54, 1.807) is 13.8 Å². The molecule has 2 aromatic rings. The number of rotatable bonds is 5. The molecule has 21 heavy (non-hydrogen) atoms. The first-order valence-electron chi connectivity index (χ1n) is 5.98. The van der Waals surface area contributed by atoms with Gasteiger partial charge in [-0.05, 0) is 26.0 Å². The molecule has 0 bridgehead atoms. The first kappa shape index (κ1) is 15.5. The van der Waals surface area contributed by atoms with Gasteiger partial charge >= 0.3 is 0 Å². The topological polar surface area (TPSA) is 111 Å². The van der Waals surface area contributed by atoms with Gasteiger partial charge in [0.25, 0.3) is 0 Å². The number of nitrogens with zero attached hydrogens (tertiary/aromatic N) is 2. The maximum absolute atomic E-state index is 12.2. The van der Waals surface area contributed by atoms with Gasteiger partial charge in [-0.1, -0.05) is 17.4 Å². The fourth-order valence-electron chi connectivity index (χ4n) is 1.69. The van der Waals surface area contributed by atoms with Crippen molar-refractivity contribution in [2.45, 2.75) is 25.3 Å². The van der Waals surface area contributed by atoms with Gasteiger partial charge in [0.05, 0.1) is 11.4 Å². The molecule has 2 aromatic heterocycles. The van der Waals surface area contributed by atoms with Crippen molar-refractivity contribution in [2.75, 3.05) is 0 Å². The highest BCUT2D eigenvalue weighted by Gasteiger charge is 2.17. The molecule has 7 nitrogen and oxygen atoms in total. The summed E-state index contributed by atoms with van der Waals surface area (Å²) in [5.41, 5.74) is 7.15. The van der Waals surface area contributed by atoms with Gasteiger partial charge in [-0.2, -0.15) is 0 Å². The molecule has 0 aromatic carbocycles. The number of aromatic nitrogens is 2. The van der Waals surface area contributed by atoms with E-state index >= 15 is 0 Å². The molecule has 0 unspecified atom stereocenters. The molecule has 112 valence electrons. The predicted octanol–water partition coefficient (Wildman–Crippen LogP) is 0.799. The summed E-state index contributed by atoms with van der Waals surface area (Å²) in [7, 11) is -3.68. The van der Waals surface area contributed by atoms with Crippen LogP contribution in [0.4, 0.5) is 0 Å². The number of aryl methyl sites for hydroxylation is 2. The number of pyridine rings is 1. The Morgan fingerprint density at radius 2 is 2.14 bits per heavy atom. The molecule has 2 heterocycles. The molecule has 0 spiro atoms. The summed E-state index contributed by atoms with van der Waals surface area (Å²) in [6.45, 7) is 3.57. The van der Waals surface area contributed by atoms with Crippen molar-refractivity contribution in [3.63, 3.8) is 0 Å². The minimum atomic E-state index is -3.68. The second-order valence-corrected chi connectivity index (χ2v) is 6.58. The van der Waals surface area contributed by atoms with Gasteiger partial charge in [0.15, 0.2) is 0 Å². The fourth-order valence-corrected chi connectivity index (χ4v) is 2.75. The zero-order chi connectivity index (χ0) is 15.6. The van der Waals surface area contributed by atoms with Gasteiger partial charge in [-0.15, -0.1) is 0 Å². The number of hydrogen-bond acceptors (Lipinski definition) is 6. The molecule has 0 aliphatic carbocycles. The van der Waals surface area contributed by atoms with Crippen molar-refractivity contribution in [3.05, 3.63) is 41.0 Å². The van der Waals surface area contributed by atoms with E-state index in [-0.39, 0.29) is 16.4 Å². The van der Waals surface area contributed by atoms with Crippen molar-refractivity contribution >= 4 is 27.2 Å². The predicted molar refractivity (Wildman–Crippen MR) is 80.1 cm³/mol. The van der Waals surface area contributed by atoms with Crippen LogP contribution in [0.1, 0.15) is 22.7 Å². The van der Waals surface area contributed by atoms with Crippen LogP contribution in [-0.2, 0) is 16.6 Å². The third-order valence-corrected chi connectivity index (χ3v) is 4.51. The van der Waals surface area contributed by atoms with E-state index in [2.05, 4.69) is 14.9 Å². The normalized spacial score (nSPS) is 11.5. The van der Waals surface area contributed by atoms with Gasteiger partial charge in [-0.3, -0.25) is 4.98 Å². The number of hydrogen-bond donors (Lipinski definition) is 2. The van der Waals surface area contributed by atoms with Gasteiger partial charge < -0.3 is 10.3 Å². The molecular weight excluding hydrogens is 312 g/mol. The second-order valence-electron chi connectivity index (χ2n) is 4.37. The number of sulfonamides is 1. The summed E-state index contributed by atoms with van der Waals surface area (Å²) in [6.07, 6.45) is 1.21. The average Bonchev–Trinajstić information content (AvgIpc) is 2.76. The van der Waals surface area contributed by atoms with E-state index in [1.807, 2.05) is 0 Å². The monoisotopic (exact) mass is 326 g/mol. The highest BCUT2D eigenvalue weighted by Crippen LogP contribution is 2.14. The third-order valence-electron chi connectivity index (χ3n) is 2.92. The summed E-state index contributed by atoms with van der Waals surface area (Å²) in [5.74, 6) is 0.581. The van der Waals surface area contributed by atoms with Crippen LogP contribution in [0.25, 0.3) is 0 Å². The molecule has 2 rings (SSSR count). The standard InChI is InChI=1S/C12H14N4O3S2/c1-7-10(8(2)19-16-7)6-15-21(17,18)9-3-4-11(12(13)20)14-5-9/h3-5,15H,6H2,1-2H3,(H2,13,20). The van der Waals surface area contributed by atoms with Gasteiger partial charge in [-0.25, -0.2) is 13.1 Å². The van der Waals surface area contributed by atoms with E-state index in [1.165, 1.54) is 18.3 Å². The van der Waals surface area contributed by atoms with E-state index in [4.69, 9.17) is 22.5 Å². The lowest BCUT2D eigenvalue weighted by molar-refractivity contribution is 0.392. The molecule has 3 N–H and O–H groups in total. The van der Waals surface area contributed by atoms with Gasteiger partial charge in [0.1, 0.15) is 15.6 Å². The Balaban J connectivity index is 2.17. The summed E-state index contributed by atoms with van der Waals surface area (Å²) in [5, 5.41) is 3.77. The van der Waals surface area contributed by atoms with Gasteiger partial charge in [0.2, 0.25) is 10.0 Å².